The summed E-state index contributed by atoms with van der Waals surface area (Å²) in [4.78, 5) is 23.6. The molecule has 2 aromatic carbocycles. The number of nitrogens with one attached hydrogen (secondary N) is 1. The Balaban J connectivity index is 1.87. The maximum absolute atomic E-state index is 14.1. The quantitative estimate of drug-likeness (QED) is 0.750. The molecule has 1 amide bonds. The molecule has 0 saturated heterocycles. The minimum Gasteiger partial charge on any atom is -0.507 e. The molecule has 0 atom stereocenters. The van der Waals surface area contributed by atoms with Crippen LogP contribution in [0, 0.1) is 5.82 Å². The van der Waals surface area contributed by atoms with E-state index in [2.05, 4.69) is 5.32 Å². The van der Waals surface area contributed by atoms with Crippen LogP contribution in [0.25, 0.3) is 0 Å². The van der Waals surface area contributed by atoms with Crippen molar-refractivity contribution in [2.45, 2.75) is 38.0 Å². The number of carboxylic acid groups (broad SMARTS) is 1. The summed E-state index contributed by atoms with van der Waals surface area (Å²) < 4.78 is 14.1. The summed E-state index contributed by atoms with van der Waals surface area (Å²) in [5.74, 6) is -3.13. The van der Waals surface area contributed by atoms with E-state index in [0.717, 1.165) is 37.3 Å². The number of carboxylic acids is 1. The Morgan fingerprint density at radius 1 is 1.04 bits per heavy atom. The molecule has 0 spiro atoms. The maximum atomic E-state index is 14.1. The third kappa shape index (κ3) is 3.69. The monoisotopic (exact) mass is 357 g/mol. The Morgan fingerprint density at radius 3 is 2.42 bits per heavy atom. The molecule has 1 aliphatic rings. The Kier molecular flexibility index (Phi) is 5.21. The fourth-order valence-corrected chi connectivity index (χ4v) is 3.49. The molecule has 0 bridgehead atoms. The lowest BCUT2D eigenvalue weighted by Gasteiger charge is -2.24. The van der Waals surface area contributed by atoms with Gasteiger partial charge in [-0.25, -0.2) is 9.18 Å². The van der Waals surface area contributed by atoms with Gasteiger partial charge in [0.15, 0.2) is 0 Å². The highest BCUT2D eigenvalue weighted by atomic mass is 19.1. The average Bonchev–Trinajstić information content (AvgIpc) is 2.65. The van der Waals surface area contributed by atoms with Gasteiger partial charge in [-0.1, -0.05) is 37.5 Å². The second-order valence-corrected chi connectivity index (χ2v) is 6.53. The Morgan fingerprint density at radius 2 is 1.73 bits per heavy atom. The third-order valence-corrected chi connectivity index (χ3v) is 4.81. The van der Waals surface area contributed by atoms with Crippen LogP contribution in [0.5, 0.6) is 5.75 Å². The van der Waals surface area contributed by atoms with E-state index >= 15 is 0 Å². The predicted molar refractivity (Wildman–Crippen MR) is 95.2 cm³/mol. The minimum absolute atomic E-state index is 0.254. The number of anilines is 1. The molecule has 0 unspecified atom stereocenters. The number of halogens is 1. The molecule has 26 heavy (non-hydrogen) atoms. The van der Waals surface area contributed by atoms with E-state index in [9.17, 15) is 19.1 Å². The zero-order valence-electron chi connectivity index (χ0n) is 14.2. The van der Waals surface area contributed by atoms with Crippen molar-refractivity contribution in [2.75, 3.05) is 5.32 Å². The second kappa shape index (κ2) is 7.56. The fraction of sp³-hybridized carbons (Fsp3) is 0.300. The fourth-order valence-electron chi connectivity index (χ4n) is 3.49. The van der Waals surface area contributed by atoms with Crippen LogP contribution in [0.15, 0.2) is 36.4 Å². The van der Waals surface area contributed by atoms with Crippen molar-refractivity contribution in [2.24, 2.45) is 0 Å². The first kappa shape index (κ1) is 17.9. The smallest absolute Gasteiger partial charge is 0.339 e. The molecule has 5 nitrogen and oxygen atoms in total. The molecule has 0 aromatic heterocycles. The number of rotatable bonds is 4. The molecule has 136 valence electrons. The topological polar surface area (TPSA) is 86.6 Å². The van der Waals surface area contributed by atoms with Gasteiger partial charge in [0.05, 0.1) is 5.69 Å². The first-order valence-electron chi connectivity index (χ1n) is 8.63. The SMILES string of the molecule is O=C(O)c1cc(F)c(NC(=O)c2ccccc2C2CCCCC2)cc1O. The van der Waals surface area contributed by atoms with E-state index in [1.54, 1.807) is 12.1 Å². The standard InChI is InChI=1S/C20H20FNO4/c21-16-10-15(20(25)26)18(23)11-17(16)22-19(24)14-9-5-4-8-13(14)12-6-2-1-3-7-12/h4-5,8-12,23H,1-3,6-7H2,(H,22,24)(H,25,26). The molecular formula is C20H20FNO4. The molecular weight excluding hydrogens is 337 g/mol. The summed E-state index contributed by atoms with van der Waals surface area (Å²) in [6, 6.07) is 8.87. The molecule has 1 aliphatic carbocycles. The van der Waals surface area contributed by atoms with Gasteiger partial charge in [-0.2, -0.15) is 0 Å². The van der Waals surface area contributed by atoms with E-state index in [1.165, 1.54) is 6.42 Å². The van der Waals surface area contributed by atoms with Crippen LogP contribution >= 0.6 is 0 Å². The van der Waals surface area contributed by atoms with Gasteiger partial charge in [-0.3, -0.25) is 4.79 Å². The number of hydrogen-bond acceptors (Lipinski definition) is 3. The maximum Gasteiger partial charge on any atom is 0.339 e. The summed E-state index contributed by atoms with van der Waals surface area (Å²) in [5.41, 5.74) is 0.608. The number of phenols is 1. The van der Waals surface area contributed by atoms with E-state index in [0.29, 0.717) is 17.5 Å². The van der Waals surface area contributed by atoms with E-state index in [-0.39, 0.29) is 5.69 Å². The highest BCUT2D eigenvalue weighted by Crippen LogP contribution is 2.35. The van der Waals surface area contributed by atoms with Crippen LogP contribution in [0.2, 0.25) is 0 Å². The first-order valence-corrected chi connectivity index (χ1v) is 8.63. The van der Waals surface area contributed by atoms with Crippen molar-refractivity contribution in [3.8, 4) is 5.75 Å². The summed E-state index contributed by atoms with van der Waals surface area (Å²) in [6.07, 6.45) is 5.49. The first-order chi connectivity index (χ1) is 12.5. The van der Waals surface area contributed by atoms with Crippen LogP contribution in [0.4, 0.5) is 10.1 Å². The van der Waals surface area contributed by atoms with Crippen molar-refractivity contribution < 1.29 is 24.2 Å². The van der Waals surface area contributed by atoms with Gasteiger partial charge in [0, 0.05) is 11.6 Å². The number of amides is 1. The minimum atomic E-state index is -1.44. The Bertz CT molecular complexity index is 844. The van der Waals surface area contributed by atoms with Gasteiger partial charge in [0.1, 0.15) is 17.1 Å². The highest BCUT2D eigenvalue weighted by Gasteiger charge is 2.22. The van der Waals surface area contributed by atoms with Gasteiger partial charge in [0.25, 0.3) is 5.91 Å². The molecule has 2 aromatic rings. The molecule has 1 saturated carbocycles. The highest BCUT2D eigenvalue weighted by molar-refractivity contribution is 6.06. The van der Waals surface area contributed by atoms with E-state index in [4.69, 9.17) is 5.11 Å². The molecule has 3 rings (SSSR count). The van der Waals surface area contributed by atoms with Gasteiger partial charge < -0.3 is 15.5 Å². The zero-order valence-corrected chi connectivity index (χ0v) is 14.2. The van der Waals surface area contributed by atoms with Crippen LogP contribution < -0.4 is 5.32 Å². The Labute approximate surface area is 150 Å². The van der Waals surface area contributed by atoms with E-state index in [1.807, 2.05) is 12.1 Å². The molecule has 6 heteroatoms. The van der Waals surface area contributed by atoms with Crippen molar-refractivity contribution in [1.82, 2.24) is 0 Å². The largest absolute Gasteiger partial charge is 0.507 e. The third-order valence-electron chi connectivity index (χ3n) is 4.81. The van der Waals surface area contributed by atoms with Crippen molar-refractivity contribution >= 4 is 17.6 Å². The van der Waals surface area contributed by atoms with Crippen LogP contribution in [0.1, 0.15) is 64.3 Å². The Hall–Kier alpha value is -2.89. The van der Waals surface area contributed by atoms with Crippen molar-refractivity contribution in [3.63, 3.8) is 0 Å². The van der Waals surface area contributed by atoms with Crippen molar-refractivity contribution in [3.05, 3.63) is 58.9 Å². The number of carbonyl (C=O) groups is 2. The number of aromatic carboxylic acids is 1. The van der Waals surface area contributed by atoms with Crippen LogP contribution in [0.3, 0.4) is 0 Å². The van der Waals surface area contributed by atoms with Gasteiger partial charge in [-0.05, 0) is 36.5 Å². The number of hydrogen-bond donors (Lipinski definition) is 3. The van der Waals surface area contributed by atoms with Gasteiger partial charge >= 0.3 is 5.97 Å². The number of benzene rings is 2. The second-order valence-electron chi connectivity index (χ2n) is 6.53. The van der Waals surface area contributed by atoms with E-state index < -0.39 is 29.0 Å². The molecule has 0 aliphatic heterocycles. The molecule has 0 radical (unpaired) electrons. The van der Waals surface area contributed by atoms with Crippen LogP contribution in [-0.4, -0.2) is 22.1 Å². The molecule has 1 fully saturated rings. The van der Waals surface area contributed by atoms with Gasteiger partial charge in [0.2, 0.25) is 0 Å². The lowest BCUT2D eigenvalue weighted by atomic mass is 9.82. The number of aromatic hydroxyl groups is 1. The summed E-state index contributed by atoms with van der Waals surface area (Å²) in [7, 11) is 0. The summed E-state index contributed by atoms with van der Waals surface area (Å²) in [6.45, 7) is 0. The summed E-state index contributed by atoms with van der Waals surface area (Å²) >= 11 is 0. The molecule has 3 N–H and O–H groups in total. The lowest BCUT2D eigenvalue weighted by molar-refractivity contribution is 0.0693. The average molecular weight is 357 g/mol. The zero-order chi connectivity index (χ0) is 18.7. The summed E-state index contributed by atoms with van der Waals surface area (Å²) in [5, 5.41) is 21.1. The predicted octanol–water partition coefficient (Wildman–Crippen LogP) is 4.53. The van der Waals surface area contributed by atoms with Crippen molar-refractivity contribution in [1.29, 1.82) is 0 Å². The molecule has 0 heterocycles. The lowest BCUT2D eigenvalue weighted by Crippen LogP contribution is -2.17. The number of carbonyl (C=O) groups excluding carboxylic acids is 1. The normalized spacial score (nSPS) is 14.8. The van der Waals surface area contributed by atoms with Gasteiger partial charge in [-0.15, -0.1) is 0 Å². The van der Waals surface area contributed by atoms with Crippen LogP contribution in [-0.2, 0) is 0 Å².